The molecule has 10 heavy (non-hydrogen) atoms. The predicted octanol–water partition coefficient (Wildman–Crippen LogP) is 3.81. The summed E-state index contributed by atoms with van der Waals surface area (Å²) in [5.41, 5.74) is 0. The first-order valence-electron chi connectivity index (χ1n) is 3.57. The van der Waals surface area contributed by atoms with Crippen LogP contribution in [0.3, 0.4) is 0 Å². The number of hydrogen-bond acceptors (Lipinski definition) is 1. The third-order valence-corrected chi connectivity index (χ3v) is 2.44. The molecule has 0 aromatic rings. The van der Waals surface area contributed by atoms with Crippen molar-refractivity contribution >= 4 is 11.8 Å². The van der Waals surface area contributed by atoms with Crippen molar-refractivity contribution in [1.82, 2.24) is 0 Å². The van der Waals surface area contributed by atoms with Crippen LogP contribution in [0.1, 0.15) is 27.7 Å². The van der Waals surface area contributed by atoms with Crippen molar-refractivity contribution in [3.8, 4) is 0 Å². The molecule has 0 amide bonds. The molecular weight excluding hydrogens is 140 g/mol. The van der Waals surface area contributed by atoms with E-state index in [4.69, 9.17) is 0 Å². The lowest BCUT2D eigenvalue weighted by Gasteiger charge is -2.08. The van der Waals surface area contributed by atoms with Gasteiger partial charge in [-0.05, 0) is 29.6 Å². The minimum Gasteiger partial charge on any atom is -0.1000 e. The third kappa shape index (κ3) is 3.78. The average Bonchev–Trinajstić information content (AvgIpc) is 1.81. The number of rotatable bonds is 3. The van der Waals surface area contributed by atoms with Crippen LogP contribution in [0.15, 0.2) is 22.5 Å². The Morgan fingerprint density at radius 3 is 2.10 bits per heavy atom. The lowest BCUT2D eigenvalue weighted by Crippen LogP contribution is -1.87. The van der Waals surface area contributed by atoms with Crippen LogP contribution < -0.4 is 0 Å². The first kappa shape index (κ1) is 9.83. The summed E-state index contributed by atoms with van der Waals surface area (Å²) in [6.07, 6.45) is 2.16. The summed E-state index contributed by atoms with van der Waals surface area (Å²) in [6, 6.07) is 0. The summed E-state index contributed by atoms with van der Waals surface area (Å²) in [5.74, 6) is 0.631. The number of allylic oxidation sites excluding steroid dienone is 3. The SMILES string of the molecule is C=C(C)S/C(=C\C)C(C)C. The van der Waals surface area contributed by atoms with Gasteiger partial charge in [-0.15, -0.1) is 0 Å². The zero-order chi connectivity index (χ0) is 8.15. The van der Waals surface area contributed by atoms with Crippen molar-refractivity contribution in [2.45, 2.75) is 27.7 Å². The van der Waals surface area contributed by atoms with E-state index in [1.165, 1.54) is 9.81 Å². The molecule has 0 nitrogen and oxygen atoms in total. The molecule has 0 radical (unpaired) electrons. The van der Waals surface area contributed by atoms with Gasteiger partial charge < -0.3 is 0 Å². The van der Waals surface area contributed by atoms with Crippen molar-refractivity contribution in [1.29, 1.82) is 0 Å². The molecule has 0 bridgehead atoms. The highest BCUT2D eigenvalue weighted by atomic mass is 32.2. The Morgan fingerprint density at radius 1 is 1.50 bits per heavy atom. The van der Waals surface area contributed by atoms with E-state index in [0.29, 0.717) is 5.92 Å². The fraction of sp³-hybridized carbons (Fsp3) is 0.556. The average molecular weight is 156 g/mol. The van der Waals surface area contributed by atoms with E-state index in [1.807, 2.05) is 6.92 Å². The lowest BCUT2D eigenvalue weighted by atomic mass is 10.2. The van der Waals surface area contributed by atoms with Gasteiger partial charge in [0.1, 0.15) is 0 Å². The van der Waals surface area contributed by atoms with E-state index < -0.39 is 0 Å². The minimum absolute atomic E-state index is 0.631. The molecule has 0 saturated carbocycles. The molecule has 0 aliphatic rings. The Hall–Kier alpha value is -0.170. The molecule has 0 atom stereocenters. The second-order valence-corrected chi connectivity index (χ2v) is 4.02. The van der Waals surface area contributed by atoms with Crippen molar-refractivity contribution in [2.24, 2.45) is 5.92 Å². The molecule has 0 unspecified atom stereocenters. The molecule has 0 N–H and O–H groups in total. The highest BCUT2D eigenvalue weighted by molar-refractivity contribution is 8.06. The molecule has 0 fully saturated rings. The van der Waals surface area contributed by atoms with Gasteiger partial charge in [0.05, 0.1) is 0 Å². The van der Waals surface area contributed by atoms with E-state index in [-0.39, 0.29) is 0 Å². The molecule has 0 aliphatic heterocycles. The molecule has 0 spiro atoms. The molecule has 0 saturated heterocycles. The number of thioether (sulfide) groups is 1. The standard InChI is InChI=1S/C9H16S/c1-6-9(7(2)3)10-8(4)5/h6-7H,4H2,1-3,5H3/b9-6-. The first-order valence-corrected chi connectivity index (χ1v) is 4.39. The summed E-state index contributed by atoms with van der Waals surface area (Å²) < 4.78 is 0. The highest BCUT2D eigenvalue weighted by Gasteiger charge is 2.01. The molecule has 0 aliphatic carbocycles. The van der Waals surface area contributed by atoms with Crippen LogP contribution in [0.2, 0.25) is 0 Å². The van der Waals surface area contributed by atoms with Gasteiger partial charge in [0, 0.05) is 0 Å². The highest BCUT2D eigenvalue weighted by Crippen LogP contribution is 2.28. The maximum absolute atomic E-state index is 3.85. The summed E-state index contributed by atoms with van der Waals surface area (Å²) in [4.78, 5) is 2.58. The fourth-order valence-electron chi connectivity index (χ4n) is 0.711. The van der Waals surface area contributed by atoms with Crippen molar-refractivity contribution in [3.63, 3.8) is 0 Å². The van der Waals surface area contributed by atoms with E-state index in [9.17, 15) is 0 Å². The second kappa shape index (κ2) is 4.62. The van der Waals surface area contributed by atoms with E-state index in [1.54, 1.807) is 11.8 Å². The van der Waals surface area contributed by atoms with Gasteiger partial charge in [0.25, 0.3) is 0 Å². The molecule has 0 heterocycles. The van der Waals surface area contributed by atoms with Gasteiger partial charge >= 0.3 is 0 Å². The van der Waals surface area contributed by atoms with Crippen molar-refractivity contribution < 1.29 is 0 Å². The maximum Gasteiger partial charge on any atom is -0.0123 e. The molecule has 0 rings (SSSR count). The molecule has 58 valence electrons. The van der Waals surface area contributed by atoms with Crippen LogP contribution >= 0.6 is 11.8 Å². The fourth-order valence-corrected chi connectivity index (χ4v) is 1.47. The topological polar surface area (TPSA) is 0 Å². The lowest BCUT2D eigenvalue weighted by molar-refractivity contribution is 0.815. The zero-order valence-electron chi connectivity index (χ0n) is 7.27. The largest absolute Gasteiger partial charge is 0.1000 e. The summed E-state index contributed by atoms with van der Waals surface area (Å²) in [6.45, 7) is 12.4. The van der Waals surface area contributed by atoms with Crippen LogP contribution in [-0.4, -0.2) is 0 Å². The summed E-state index contributed by atoms with van der Waals surface area (Å²) >= 11 is 1.77. The van der Waals surface area contributed by atoms with E-state index in [0.717, 1.165) is 0 Å². The van der Waals surface area contributed by atoms with Crippen molar-refractivity contribution in [3.05, 3.63) is 22.5 Å². The maximum atomic E-state index is 3.85. The smallest absolute Gasteiger partial charge is 0.0123 e. The Bertz CT molecular complexity index is 143. The van der Waals surface area contributed by atoms with Gasteiger partial charge in [-0.1, -0.05) is 38.3 Å². The van der Waals surface area contributed by atoms with Crippen LogP contribution in [0.25, 0.3) is 0 Å². The molecule has 0 aromatic heterocycles. The van der Waals surface area contributed by atoms with Crippen LogP contribution in [0.4, 0.5) is 0 Å². The minimum atomic E-state index is 0.631. The Kier molecular flexibility index (Phi) is 4.54. The molecular formula is C9H16S. The van der Waals surface area contributed by atoms with E-state index >= 15 is 0 Å². The van der Waals surface area contributed by atoms with Gasteiger partial charge in [-0.3, -0.25) is 0 Å². The van der Waals surface area contributed by atoms with Crippen LogP contribution in [0.5, 0.6) is 0 Å². The number of hydrogen-bond donors (Lipinski definition) is 0. The van der Waals surface area contributed by atoms with E-state index in [2.05, 4.69) is 33.4 Å². The first-order chi connectivity index (χ1) is 4.57. The molecule has 0 aromatic carbocycles. The van der Waals surface area contributed by atoms with Gasteiger partial charge in [0.15, 0.2) is 0 Å². The normalized spacial score (nSPS) is 12.3. The third-order valence-electron chi connectivity index (χ3n) is 1.15. The molecule has 1 heteroatoms. The monoisotopic (exact) mass is 156 g/mol. The van der Waals surface area contributed by atoms with Gasteiger partial charge in [-0.25, -0.2) is 0 Å². The quantitative estimate of drug-likeness (QED) is 0.598. The second-order valence-electron chi connectivity index (χ2n) is 2.65. The predicted molar refractivity (Wildman–Crippen MR) is 51.0 cm³/mol. The summed E-state index contributed by atoms with van der Waals surface area (Å²) in [7, 11) is 0. The Labute approximate surface area is 68.4 Å². The van der Waals surface area contributed by atoms with Crippen LogP contribution in [0, 0.1) is 5.92 Å². The van der Waals surface area contributed by atoms with Crippen molar-refractivity contribution in [2.75, 3.05) is 0 Å². The Morgan fingerprint density at radius 2 is 2.00 bits per heavy atom. The van der Waals surface area contributed by atoms with Gasteiger partial charge in [-0.2, -0.15) is 0 Å². The zero-order valence-corrected chi connectivity index (χ0v) is 8.09. The van der Waals surface area contributed by atoms with Gasteiger partial charge in [0.2, 0.25) is 0 Å². The summed E-state index contributed by atoms with van der Waals surface area (Å²) in [5, 5.41) is 0. The van der Waals surface area contributed by atoms with Crippen LogP contribution in [-0.2, 0) is 0 Å². The Balaban J connectivity index is 3.99.